The third-order valence-electron chi connectivity index (χ3n) is 2.25. The summed E-state index contributed by atoms with van der Waals surface area (Å²) >= 11 is 0. The van der Waals surface area contributed by atoms with Gasteiger partial charge in [-0.25, -0.2) is 0 Å². The molecule has 0 saturated carbocycles. The summed E-state index contributed by atoms with van der Waals surface area (Å²) in [5.74, 6) is -1.59. The minimum atomic E-state index is -0.780. The lowest BCUT2D eigenvalue weighted by atomic mass is 10.1. The van der Waals surface area contributed by atoms with E-state index in [9.17, 15) is 24.8 Å². The molecule has 19 heavy (non-hydrogen) atoms. The van der Waals surface area contributed by atoms with Crippen LogP contribution in [-0.4, -0.2) is 40.8 Å². The molecule has 2 amide bonds. The fourth-order valence-electron chi connectivity index (χ4n) is 1.44. The molecule has 0 fully saturated rings. The average molecular weight is 267 g/mol. The molecule has 0 heterocycles. The van der Waals surface area contributed by atoms with E-state index in [4.69, 9.17) is 0 Å². The minimum absolute atomic E-state index is 0.0386. The summed E-state index contributed by atoms with van der Waals surface area (Å²) in [6, 6.07) is 2.08. The number of carbonyl (C=O) groups excluding carboxylic acids is 2. The van der Waals surface area contributed by atoms with Crippen LogP contribution in [0, 0.1) is 10.1 Å². The molecule has 0 aliphatic carbocycles. The summed E-state index contributed by atoms with van der Waals surface area (Å²) in [7, 11) is 2.96. The van der Waals surface area contributed by atoms with E-state index in [1.807, 2.05) is 0 Å². The fourth-order valence-corrected chi connectivity index (χ4v) is 1.44. The van der Waals surface area contributed by atoms with Crippen LogP contribution in [-0.2, 0) is 4.79 Å². The van der Waals surface area contributed by atoms with E-state index < -0.39 is 28.2 Å². The zero-order chi connectivity index (χ0) is 14.7. The van der Waals surface area contributed by atoms with Crippen LogP contribution in [0.25, 0.3) is 0 Å². The van der Waals surface area contributed by atoms with E-state index in [0.29, 0.717) is 0 Å². The van der Waals surface area contributed by atoms with Gasteiger partial charge in [-0.2, -0.15) is 0 Å². The molecule has 0 radical (unpaired) electrons. The van der Waals surface area contributed by atoms with Gasteiger partial charge in [0.25, 0.3) is 11.6 Å². The molecule has 102 valence electrons. The topological polar surface area (TPSA) is 113 Å². The first kappa shape index (κ1) is 14.4. The van der Waals surface area contributed by atoms with Crippen molar-refractivity contribution >= 4 is 23.2 Å². The molecule has 2 N–H and O–H groups in total. The molecule has 0 aliphatic heterocycles. The highest BCUT2D eigenvalue weighted by atomic mass is 16.6. The van der Waals surface area contributed by atoms with Gasteiger partial charge in [-0.15, -0.1) is 0 Å². The van der Waals surface area contributed by atoms with Gasteiger partial charge in [-0.1, -0.05) is 0 Å². The maximum Gasteiger partial charge on any atom is 0.297 e. The van der Waals surface area contributed by atoms with E-state index >= 15 is 0 Å². The standard InChI is InChI=1S/C11H13N3O5/c1-6(15)12-10-8(14(18)19)4-7(5-9(10)16)11(17)13(2)3/h4-5,16H,1-3H3,(H,12,15). The van der Waals surface area contributed by atoms with Crippen molar-refractivity contribution < 1.29 is 19.6 Å². The number of aromatic hydroxyl groups is 1. The molecular formula is C11H13N3O5. The first-order valence-electron chi connectivity index (χ1n) is 5.24. The Labute approximate surface area is 108 Å². The fraction of sp³-hybridized carbons (Fsp3) is 0.273. The smallest absolute Gasteiger partial charge is 0.297 e. The Hall–Kier alpha value is -2.64. The molecule has 1 rings (SSSR count). The summed E-state index contributed by atoms with van der Waals surface area (Å²) in [6.45, 7) is 1.15. The van der Waals surface area contributed by atoms with Crippen molar-refractivity contribution in [2.75, 3.05) is 19.4 Å². The van der Waals surface area contributed by atoms with Gasteiger partial charge in [0.05, 0.1) is 10.5 Å². The number of anilines is 1. The van der Waals surface area contributed by atoms with Crippen molar-refractivity contribution in [3.8, 4) is 5.75 Å². The summed E-state index contributed by atoms with van der Waals surface area (Å²) < 4.78 is 0. The van der Waals surface area contributed by atoms with Crippen LogP contribution in [0.15, 0.2) is 12.1 Å². The second kappa shape index (κ2) is 5.34. The normalized spacial score (nSPS) is 9.84. The number of nitro benzene ring substituents is 1. The molecule has 0 atom stereocenters. The van der Waals surface area contributed by atoms with Crippen LogP contribution in [0.4, 0.5) is 11.4 Å². The van der Waals surface area contributed by atoms with Gasteiger partial charge in [-0.3, -0.25) is 19.7 Å². The first-order valence-corrected chi connectivity index (χ1v) is 5.24. The highest BCUT2D eigenvalue weighted by molar-refractivity contribution is 5.99. The van der Waals surface area contributed by atoms with Gasteiger partial charge in [-0.05, 0) is 6.07 Å². The van der Waals surface area contributed by atoms with E-state index in [1.54, 1.807) is 0 Å². The van der Waals surface area contributed by atoms with Crippen LogP contribution in [0.5, 0.6) is 5.75 Å². The van der Waals surface area contributed by atoms with Gasteiger partial charge in [0.2, 0.25) is 5.91 Å². The van der Waals surface area contributed by atoms with Crippen molar-refractivity contribution in [3.05, 3.63) is 27.8 Å². The molecule has 0 aromatic heterocycles. The van der Waals surface area contributed by atoms with E-state index in [2.05, 4.69) is 5.32 Å². The summed E-state index contributed by atoms with van der Waals surface area (Å²) in [5.41, 5.74) is -0.906. The van der Waals surface area contributed by atoms with Crippen LogP contribution < -0.4 is 5.32 Å². The maximum atomic E-state index is 11.7. The Bertz CT molecular complexity index is 554. The predicted molar refractivity (Wildman–Crippen MR) is 67.1 cm³/mol. The van der Waals surface area contributed by atoms with Crippen molar-refractivity contribution in [1.82, 2.24) is 4.90 Å². The summed E-state index contributed by atoms with van der Waals surface area (Å²) in [4.78, 5) is 34.0. The molecule has 8 heteroatoms. The van der Waals surface area contributed by atoms with Crippen molar-refractivity contribution in [2.45, 2.75) is 6.92 Å². The number of amides is 2. The molecular weight excluding hydrogens is 254 g/mol. The number of nitrogens with one attached hydrogen (secondary N) is 1. The van der Waals surface area contributed by atoms with Crippen LogP contribution in [0.3, 0.4) is 0 Å². The van der Waals surface area contributed by atoms with Gasteiger partial charge in [0.1, 0.15) is 5.75 Å². The lowest BCUT2D eigenvalue weighted by Crippen LogP contribution is -2.22. The Morgan fingerprint density at radius 1 is 1.37 bits per heavy atom. The number of hydrogen-bond donors (Lipinski definition) is 2. The maximum absolute atomic E-state index is 11.7. The Morgan fingerprint density at radius 3 is 2.37 bits per heavy atom. The second-order valence-corrected chi connectivity index (χ2v) is 4.03. The number of nitrogens with zero attached hydrogens (tertiary/aromatic N) is 2. The van der Waals surface area contributed by atoms with Crippen LogP contribution in [0.1, 0.15) is 17.3 Å². The Balaban J connectivity index is 3.41. The Kier molecular flexibility index (Phi) is 4.05. The van der Waals surface area contributed by atoms with Crippen LogP contribution in [0.2, 0.25) is 0 Å². The van der Waals surface area contributed by atoms with Gasteiger partial charge in [0.15, 0.2) is 5.69 Å². The number of nitro groups is 1. The third-order valence-corrected chi connectivity index (χ3v) is 2.25. The molecule has 0 unspecified atom stereocenters. The molecule has 0 aliphatic rings. The highest BCUT2D eigenvalue weighted by Gasteiger charge is 2.23. The van der Waals surface area contributed by atoms with Crippen molar-refractivity contribution in [2.24, 2.45) is 0 Å². The van der Waals surface area contributed by atoms with E-state index in [0.717, 1.165) is 19.1 Å². The number of hydrogen-bond acceptors (Lipinski definition) is 5. The minimum Gasteiger partial charge on any atom is -0.505 e. The zero-order valence-electron chi connectivity index (χ0n) is 10.6. The summed E-state index contributed by atoms with van der Waals surface area (Å²) in [5, 5.41) is 22.8. The van der Waals surface area contributed by atoms with Gasteiger partial charge in [0, 0.05) is 27.1 Å². The lowest BCUT2D eigenvalue weighted by Gasteiger charge is -2.12. The largest absolute Gasteiger partial charge is 0.505 e. The lowest BCUT2D eigenvalue weighted by molar-refractivity contribution is -0.384. The average Bonchev–Trinajstić information content (AvgIpc) is 2.29. The molecule has 0 spiro atoms. The Morgan fingerprint density at radius 2 is 1.95 bits per heavy atom. The van der Waals surface area contributed by atoms with Gasteiger partial charge >= 0.3 is 0 Å². The first-order chi connectivity index (χ1) is 8.73. The van der Waals surface area contributed by atoms with Crippen LogP contribution >= 0.6 is 0 Å². The molecule has 1 aromatic carbocycles. The number of carbonyl (C=O) groups is 2. The van der Waals surface area contributed by atoms with Crippen molar-refractivity contribution in [1.29, 1.82) is 0 Å². The predicted octanol–water partition coefficient (Wildman–Crippen LogP) is 0.961. The molecule has 0 saturated heterocycles. The molecule has 0 bridgehead atoms. The highest BCUT2D eigenvalue weighted by Crippen LogP contribution is 2.35. The summed E-state index contributed by atoms with van der Waals surface area (Å²) in [6.07, 6.45) is 0. The number of benzene rings is 1. The SMILES string of the molecule is CC(=O)Nc1c(O)cc(C(=O)N(C)C)cc1[N+](=O)[O-]. The number of phenolic OH excluding ortho intramolecular Hbond substituents is 1. The monoisotopic (exact) mass is 267 g/mol. The second-order valence-electron chi connectivity index (χ2n) is 4.03. The zero-order valence-corrected chi connectivity index (χ0v) is 10.6. The number of rotatable bonds is 3. The van der Waals surface area contributed by atoms with E-state index in [1.165, 1.54) is 19.0 Å². The van der Waals surface area contributed by atoms with Gasteiger partial charge < -0.3 is 15.3 Å². The molecule has 1 aromatic rings. The van der Waals surface area contributed by atoms with Crippen molar-refractivity contribution in [3.63, 3.8) is 0 Å². The quantitative estimate of drug-likeness (QED) is 0.481. The third kappa shape index (κ3) is 3.18. The molecule has 8 nitrogen and oxygen atoms in total. The van der Waals surface area contributed by atoms with E-state index in [-0.39, 0.29) is 11.3 Å². The number of phenols is 1.